The summed E-state index contributed by atoms with van der Waals surface area (Å²) in [5.41, 5.74) is 2.41. The van der Waals surface area contributed by atoms with Crippen LogP contribution >= 0.6 is 11.8 Å². The SMILES string of the molecule is Cc1cc(NC(=O)CSc2cn(Cc3ccccc3)c3ccccc23)no1. The first kappa shape index (κ1) is 17.4. The van der Waals surface area contributed by atoms with Crippen LogP contribution in [0.5, 0.6) is 0 Å². The molecule has 6 heteroatoms. The van der Waals surface area contributed by atoms with Crippen LogP contribution in [-0.4, -0.2) is 21.4 Å². The zero-order chi connectivity index (χ0) is 18.6. The highest BCUT2D eigenvalue weighted by molar-refractivity contribution is 8.00. The number of aryl methyl sites for hydroxylation is 1. The number of hydrogen-bond donors (Lipinski definition) is 1. The fourth-order valence-corrected chi connectivity index (χ4v) is 3.88. The summed E-state index contributed by atoms with van der Waals surface area (Å²) in [6, 6.07) is 20.3. The van der Waals surface area contributed by atoms with Gasteiger partial charge in [-0.05, 0) is 18.6 Å². The van der Waals surface area contributed by atoms with Gasteiger partial charge in [-0.25, -0.2) is 0 Å². The molecule has 0 radical (unpaired) electrons. The van der Waals surface area contributed by atoms with Gasteiger partial charge in [-0.15, -0.1) is 11.8 Å². The van der Waals surface area contributed by atoms with Crippen molar-refractivity contribution in [2.45, 2.75) is 18.4 Å². The maximum Gasteiger partial charge on any atom is 0.235 e. The van der Waals surface area contributed by atoms with Gasteiger partial charge in [0.2, 0.25) is 5.91 Å². The molecule has 4 aromatic rings. The van der Waals surface area contributed by atoms with Gasteiger partial charge in [0, 0.05) is 34.6 Å². The van der Waals surface area contributed by atoms with E-state index in [0.29, 0.717) is 17.3 Å². The normalized spacial score (nSPS) is 11.0. The second-order valence-electron chi connectivity index (χ2n) is 6.28. The molecular formula is C21H19N3O2S. The Labute approximate surface area is 161 Å². The third-order valence-electron chi connectivity index (χ3n) is 4.20. The number of carbonyl (C=O) groups is 1. The monoisotopic (exact) mass is 377 g/mol. The molecule has 0 aliphatic carbocycles. The number of nitrogens with zero attached hydrogens (tertiary/aromatic N) is 2. The molecule has 0 bridgehead atoms. The van der Waals surface area contributed by atoms with Crippen LogP contribution in [0, 0.1) is 6.92 Å². The number of aromatic nitrogens is 2. The quantitative estimate of drug-likeness (QED) is 0.494. The van der Waals surface area contributed by atoms with Crippen LogP contribution in [0.1, 0.15) is 11.3 Å². The number of nitrogens with one attached hydrogen (secondary N) is 1. The Balaban J connectivity index is 1.50. The summed E-state index contributed by atoms with van der Waals surface area (Å²) in [6.07, 6.45) is 2.12. The van der Waals surface area contributed by atoms with Crippen LogP contribution in [-0.2, 0) is 11.3 Å². The Morgan fingerprint density at radius 1 is 1.15 bits per heavy atom. The predicted molar refractivity (Wildman–Crippen MR) is 108 cm³/mol. The zero-order valence-corrected chi connectivity index (χ0v) is 15.7. The topological polar surface area (TPSA) is 60.1 Å². The lowest BCUT2D eigenvalue weighted by Gasteiger charge is -2.05. The van der Waals surface area contributed by atoms with Crippen molar-refractivity contribution in [3.63, 3.8) is 0 Å². The number of hydrogen-bond acceptors (Lipinski definition) is 4. The van der Waals surface area contributed by atoms with E-state index in [4.69, 9.17) is 4.52 Å². The summed E-state index contributed by atoms with van der Waals surface area (Å²) < 4.78 is 7.20. The van der Waals surface area contributed by atoms with E-state index in [1.165, 1.54) is 17.3 Å². The number of carbonyl (C=O) groups excluding carboxylic acids is 1. The van der Waals surface area contributed by atoms with Crippen molar-refractivity contribution in [3.05, 3.63) is 78.2 Å². The van der Waals surface area contributed by atoms with E-state index < -0.39 is 0 Å². The van der Waals surface area contributed by atoms with E-state index in [2.05, 4.69) is 45.5 Å². The van der Waals surface area contributed by atoms with Crippen LogP contribution in [0.2, 0.25) is 0 Å². The van der Waals surface area contributed by atoms with Crippen LogP contribution in [0.15, 0.2) is 76.3 Å². The lowest BCUT2D eigenvalue weighted by Crippen LogP contribution is -2.14. The second-order valence-corrected chi connectivity index (χ2v) is 7.30. The van der Waals surface area contributed by atoms with Gasteiger partial charge in [-0.2, -0.15) is 0 Å². The molecule has 0 spiro atoms. The number of para-hydroxylation sites is 1. The second kappa shape index (κ2) is 7.72. The Morgan fingerprint density at radius 2 is 1.93 bits per heavy atom. The van der Waals surface area contributed by atoms with E-state index in [1.807, 2.05) is 30.3 Å². The minimum absolute atomic E-state index is 0.104. The summed E-state index contributed by atoms with van der Waals surface area (Å²) in [7, 11) is 0. The maximum atomic E-state index is 12.2. The highest BCUT2D eigenvalue weighted by Crippen LogP contribution is 2.30. The van der Waals surface area contributed by atoms with E-state index in [0.717, 1.165) is 22.3 Å². The largest absolute Gasteiger partial charge is 0.360 e. The molecular weight excluding hydrogens is 358 g/mol. The minimum atomic E-state index is -0.104. The number of fused-ring (bicyclic) bond motifs is 1. The van der Waals surface area contributed by atoms with Crippen molar-refractivity contribution in [2.24, 2.45) is 0 Å². The van der Waals surface area contributed by atoms with Crippen molar-refractivity contribution in [3.8, 4) is 0 Å². The van der Waals surface area contributed by atoms with Crippen LogP contribution in [0.3, 0.4) is 0 Å². The maximum absolute atomic E-state index is 12.2. The van der Waals surface area contributed by atoms with Crippen molar-refractivity contribution in [1.29, 1.82) is 0 Å². The van der Waals surface area contributed by atoms with Crippen LogP contribution < -0.4 is 5.32 Å². The average molecular weight is 377 g/mol. The molecule has 1 N–H and O–H groups in total. The number of rotatable bonds is 6. The summed E-state index contributed by atoms with van der Waals surface area (Å²) >= 11 is 1.52. The third kappa shape index (κ3) is 4.06. The fraction of sp³-hybridized carbons (Fsp3) is 0.143. The summed E-state index contributed by atoms with van der Waals surface area (Å²) in [4.78, 5) is 13.3. The molecule has 5 nitrogen and oxygen atoms in total. The molecule has 0 aliphatic rings. The predicted octanol–water partition coefficient (Wildman–Crippen LogP) is 4.72. The van der Waals surface area contributed by atoms with Crippen molar-refractivity contribution >= 4 is 34.4 Å². The molecule has 1 amide bonds. The number of thioether (sulfide) groups is 1. The number of benzene rings is 2. The van der Waals surface area contributed by atoms with Crippen molar-refractivity contribution < 1.29 is 9.32 Å². The van der Waals surface area contributed by atoms with Gasteiger partial charge in [0.15, 0.2) is 5.82 Å². The minimum Gasteiger partial charge on any atom is -0.360 e. The molecule has 0 saturated heterocycles. The van der Waals surface area contributed by atoms with Gasteiger partial charge >= 0.3 is 0 Å². The molecule has 0 fully saturated rings. The Morgan fingerprint density at radius 3 is 2.70 bits per heavy atom. The molecule has 0 atom stereocenters. The van der Waals surface area contributed by atoms with Gasteiger partial charge in [-0.3, -0.25) is 4.79 Å². The number of amides is 1. The Hall–Kier alpha value is -2.99. The number of anilines is 1. The van der Waals surface area contributed by atoms with Crippen molar-refractivity contribution in [1.82, 2.24) is 9.72 Å². The summed E-state index contributed by atoms with van der Waals surface area (Å²) in [5, 5.41) is 7.70. The van der Waals surface area contributed by atoms with E-state index >= 15 is 0 Å². The lowest BCUT2D eigenvalue weighted by atomic mass is 10.2. The lowest BCUT2D eigenvalue weighted by molar-refractivity contribution is -0.113. The molecule has 0 unspecified atom stereocenters. The van der Waals surface area contributed by atoms with Crippen LogP contribution in [0.25, 0.3) is 10.9 Å². The van der Waals surface area contributed by atoms with Crippen LogP contribution in [0.4, 0.5) is 5.82 Å². The van der Waals surface area contributed by atoms with Gasteiger partial charge < -0.3 is 14.4 Å². The fourth-order valence-electron chi connectivity index (χ4n) is 2.99. The van der Waals surface area contributed by atoms with Gasteiger partial charge in [0.05, 0.1) is 5.75 Å². The first-order valence-electron chi connectivity index (χ1n) is 8.67. The first-order valence-corrected chi connectivity index (χ1v) is 9.65. The van der Waals surface area contributed by atoms with Crippen molar-refractivity contribution in [2.75, 3.05) is 11.1 Å². The van der Waals surface area contributed by atoms with E-state index in [1.54, 1.807) is 13.0 Å². The summed E-state index contributed by atoms with van der Waals surface area (Å²) in [5.74, 6) is 1.32. The first-order chi connectivity index (χ1) is 13.2. The molecule has 27 heavy (non-hydrogen) atoms. The van der Waals surface area contributed by atoms with Gasteiger partial charge in [-0.1, -0.05) is 53.7 Å². The third-order valence-corrected chi connectivity index (χ3v) is 5.24. The molecule has 136 valence electrons. The standard InChI is InChI=1S/C21H19N3O2S/c1-15-11-20(23-26-15)22-21(25)14-27-19-13-24(12-16-7-3-2-4-8-16)18-10-6-5-9-17(18)19/h2-11,13H,12,14H2,1H3,(H,22,23,25). The summed E-state index contributed by atoms with van der Waals surface area (Å²) in [6.45, 7) is 2.59. The van der Waals surface area contributed by atoms with Gasteiger partial charge in [0.1, 0.15) is 5.76 Å². The molecule has 2 aromatic heterocycles. The smallest absolute Gasteiger partial charge is 0.235 e. The molecule has 0 aliphatic heterocycles. The average Bonchev–Trinajstić information content (AvgIpc) is 3.25. The Bertz CT molecular complexity index is 1070. The molecule has 2 aromatic carbocycles. The zero-order valence-electron chi connectivity index (χ0n) is 14.9. The Kier molecular flexibility index (Phi) is 4.98. The molecule has 4 rings (SSSR count). The van der Waals surface area contributed by atoms with Gasteiger partial charge in [0.25, 0.3) is 0 Å². The van der Waals surface area contributed by atoms with E-state index in [-0.39, 0.29) is 5.91 Å². The van der Waals surface area contributed by atoms with E-state index in [9.17, 15) is 4.79 Å². The molecule has 2 heterocycles. The highest BCUT2D eigenvalue weighted by Gasteiger charge is 2.12. The molecule has 0 saturated carbocycles. The highest BCUT2D eigenvalue weighted by atomic mass is 32.2.